The number of benzene rings is 1. The second-order valence-electron chi connectivity index (χ2n) is 7.02. The van der Waals surface area contributed by atoms with E-state index in [0.29, 0.717) is 41.8 Å². The zero-order chi connectivity index (χ0) is 17.9. The Morgan fingerprint density at radius 3 is 3.00 bits per heavy atom. The second kappa shape index (κ2) is 7.81. The number of hydrogen-bond acceptors (Lipinski definition) is 5. The summed E-state index contributed by atoms with van der Waals surface area (Å²) in [6.45, 7) is 4.85. The highest BCUT2D eigenvalue weighted by Crippen LogP contribution is 2.38. The number of nitrogens with one attached hydrogen (secondary N) is 1. The summed E-state index contributed by atoms with van der Waals surface area (Å²) in [6.07, 6.45) is 3.52. The smallest absolute Gasteiger partial charge is 0.255 e. The zero-order valence-corrected chi connectivity index (χ0v) is 15.4. The molecule has 2 heterocycles. The number of fused-ring (bicyclic) bond motifs is 2. The minimum atomic E-state index is -0.173. The van der Waals surface area contributed by atoms with Gasteiger partial charge in [-0.05, 0) is 38.4 Å². The van der Waals surface area contributed by atoms with Gasteiger partial charge in [0.1, 0.15) is 12.4 Å². The van der Waals surface area contributed by atoms with Gasteiger partial charge in [-0.2, -0.15) is 0 Å². The zero-order valence-electron chi connectivity index (χ0n) is 14.6. The average molecular weight is 368 g/mol. The van der Waals surface area contributed by atoms with E-state index in [1.165, 1.54) is 19.4 Å². The number of carbonyl (C=O) groups excluding carboxylic acids is 1. The fourth-order valence-electron chi connectivity index (χ4n) is 3.80. The number of amides is 1. The van der Waals surface area contributed by atoms with E-state index in [1.54, 1.807) is 19.2 Å². The van der Waals surface area contributed by atoms with Gasteiger partial charge in [0.2, 0.25) is 0 Å². The van der Waals surface area contributed by atoms with Gasteiger partial charge in [0, 0.05) is 31.7 Å². The van der Waals surface area contributed by atoms with Gasteiger partial charge in [0.25, 0.3) is 5.91 Å². The van der Waals surface area contributed by atoms with Crippen molar-refractivity contribution >= 4 is 23.2 Å². The van der Waals surface area contributed by atoms with Crippen LogP contribution in [0.2, 0.25) is 5.02 Å². The summed E-state index contributed by atoms with van der Waals surface area (Å²) in [4.78, 5) is 15.2. The van der Waals surface area contributed by atoms with Crippen LogP contribution in [-0.4, -0.2) is 57.3 Å². The van der Waals surface area contributed by atoms with Crippen molar-refractivity contribution in [2.24, 2.45) is 5.41 Å². The van der Waals surface area contributed by atoms with E-state index in [-0.39, 0.29) is 11.3 Å². The Morgan fingerprint density at radius 1 is 1.36 bits per heavy atom. The van der Waals surface area contributed by atoms with E-state index in [2.05, 4.69) is 10.2 Å². The van der Waals surface area contributed by atoms with E-state index in [4.69, 9.17) is 26.8 Å². The molecule has 2 unspecified atom stereocenters. The summed E-state index contributed by atoms with van der Waals surface area (Å²) in [6, 6.07) is 3.18. The molecule has 2 fully saturated rings. The van der Waals surface area contributed by atoms with E-state index in [0.717, 1.165) is 19.5 Å². The van der Waals surface area contributed by atoms with Crippen molar-refractivity contribution in [3.63, 3.8) is 0 Å². The number of anilines is 1. The normalized spacial score (nSPS) is 25.0. The Bertz CT molecular complexity index is 636. The molecular formula is C18H26ClN3O3. The molecule has 2 atom stereocenters. The predicted molar refractivity (Wildman–Crippen MR) is 98.3 cm³/mol. The molecule has 25 heavy (non-hydrogen) atoms. The van der Waals surface area contributed by atoms with Crippen LogP contribution in [0.1, 0.15) is 29.6 Å². The van der Waals surface area contributed by atoms with Crippen LogP contribution >= 0.6 is 11.6 Å². The molecule has 2 aliphatic rings. The van der Waals surface area contributed by atoms with Crippen molar-refractivity contribution in [1.82, 2.24) is 10.2 Å². The number of ether oxygens (including phenoxy) is 2. The Balaban J connectivity index is 1.69. The Kier molecular flexibility index (Phi) is 5.71. The van der Waals surface area contributed by atoms with Crippen molar-refractivity contribution in [1.29, 1.82) is 0 Å². The maximum atomic E-state index is 12.7. The molecule has 138 valence electrons. The number of rotatable bonds is 7. The summed E-state index contributed by atoms with van der Waals surface area (Å²) < 4.78 is 10.6. The molecule has 0 radical (unpaired) electrons. The molecular weight excluding hydrogens is 342 g/mol. The molecule has 2 aliphatic heterocycles. The van der Waals surface area contributed by atoms with Gasteiger partial charge in [-0.15, -0.1) is 0 Å². The summed E-state index contributed by atoms with van der Waals surface area (Å²) in [5.74, 6) is 0.262. The lowest BCUT2D eigenvalue weighted by Gasteiger charge is -2.34. The Labute approximate surface area is 153 Å². The fraction of sp³-hybridized carbons (Fsp3) is 0.611. The number of halogens is 1. The highest BCUT2D eigenvalue weighted by molar-refractivity contribution is 6.33. The molecule has 1 aromatic rings. The van der Waals surface area contributed by atoms with Gasteiger partial charge >= 0.3 is 0 Å². The minimum Gasteiger partial charge on any atom is -0.490 e. The predicted octanol–water partition coefficient (Wildman–Crippen LogP) is 2.16. The van der Waals surface area contributed by atoms with E-state index < -0.39 is 0 Å². The molecule has 0 spiro atoms. The molecule has 7 heteroatoms. The Morgan fingerprint density at radius 2 is 2.20 bits per heavy atom. The van der Waals surface area contributed by atoms with Crippen LogP contribution < -0.4 is 15.8 Å². The third-order valence-corrected chi connectivity index (χ3v) is 5.54. The number of methoxy groups -OCH3 is 1. The summed E-state index contributed by atoms with van der Waals surface area (Å²) in [5.41, 5.74) is 6.87. The molecule has 0 saturated carbocycles. The van der Waals surface area contributed by atoms with Crippen molar-refractivity contribution < 1.29 is 14.3 Å². The number of nitrogens with two attached hydrogens (primary N) is 1. The lowest BCUT2D eigenvalue weighted by atomic mass is 9.81. The van der Waals surface area contributed by atoms with Crippen LogP contribution in [0.15, 0.2) is 12.1 Å². The first-order chi connectivity index (χ1) is 12.0. The number of nitrogens with zero attached hydrogens (tertiary/aromatic N) is 1. The van der Waals surface area contributed by atoms with Gasteiger partial charge in [0.05, 0.1) is 22.9 Å². The van der Waals surface area contributed by atoms with Crippen LogP contribution in [0.4, 0.5) is 5.69 Å². The third kappa shape index (κ3) is 4.19. The average Bonchev–Trinajstić information content (AvgIpc) is 2.90. The maximum Gasteiger partial charge on any atom is 0.255 e. The van der Waals surface area contributed by atoms with Crippen molar-refractivity contribution in [3.05, 3.63) is 22.7 Å². The van der Waals surface area contributed by atoms with Crippen molar-refractivity contribution in [3.8, 4) is 5.75 Å². The van der Waals surface area contributed by atoms with Crippen LogP contribution in [0, 0.1) is 5.41 Å². The number of hydrogen-bond donors (Lipinski definition) is 2. The number of nitrogen functional groups attached to an aromatic ring is 1. The second-order valence-corrected chi connectivity index (χ2v) is 7.43. The van der Waals surface area contributed by atoms with Gasteiger partial charge < -0.3 is 25.4 Å². The molecule has 1 amide bonds. The maximum absolute atomic E-state index is 12.7. The van der Waals surface area contributed by atoms with Crippen molar-refractivity contribution in [2.75, 3.05) is 52.2 Å². The fourth-order valence-corrected chi connectivity index (χ4v) is 3.96. The van der Waals surface area contributed by atoms with Crippen LogP contribution in [-0.2, 0) is 4.74 Å². The van der Waals surface area contributed by atoms with E-state index >= 15 is 0 Å². The first-order valence-corrected chi connectivity index (χ1v) is 9.12. The molecule has 3 rings (SSSR count). The van der Waals surface area contributed by atoms with Crippen molar-refractivity contribution in [2.45, 2.75) is 19.3 Å². The first kappa shape index (κ1) is 18.3. The summed E-state index contributed by atoms with van der Waals surface area (Å²) in [7, 11) is 1.60. The van der Waals surface area contributed by atoms with Gasteiger partial charge in [-0.25, -0.2) is 0 Å². The molecule has 0 aliphatic carbocycles. The SMILES string of the molecule is COCCOc1cc(N)c(Cl)cc1C(=O)NCC12CCCN(CC1)C2. The molecule has 1 aromatic carbocycles. The standard InChI is InChI=1S/C18H26ClN3O3/c1-24-7-8-25-16-10-15(20)14(19)9-13(16)17(23)21-11-18-3-2-5-22(12-18)6-4-18/h9-10H,2-8,11-12,20H2,1H3,(H,21,23). The molecule has 0 aromatic heterocycles. The third-order valence-electron chi connectivity index (χ3n) is 5.21. The largest absolute Gasteiger partial charge is 0.490 e. The van der Waals surface area contributed by atoms with Gasteiger partial charge in [-0.3, -0.25) is 4.79 Å². The lowest BCUT2D eigenvalue weighted by molar-refractivity contribution is 0.0908. The molecule has 6 nitrogen and oxygen atoms in total. The van der Waals surface area contributed by atoms with E-state index in [9.17, 15) is 4.79 Å². The highest BCUT2D eigenvalue weighted by Gasteiger charge is 2.40. The molecule has 3 N–H and O–H groups in total. The minimum absolute atomic E-state index is 0.173. The summed E-state index contributed by atoms with van der Waals surface area (Å²) >= 11 is 6.11. The summed E-state index contributed by atoms with van der Waals surface area (Å²) in [5, 5.41) is 3.44. The van der Waals surface area contributed by atoms with Crippen LogP contribution in [0.25, 0.3) is 0 Å². The Hall–Kier alpha value is -1.50. The van der Waals surface area contributed by atoms with Gasteiger partial charge in [-0.1, -0.05) is 11.6 Å². The molecule has 2 bridgehead atoms. The van der Waals surface area contributed by atoms with Crippen LogP contribution in [0.5, 0.6) is 5.75 Å². The van der Waals surface area contributed by atoms with Gasteiger partial charge in [0.15, 0.2) is 0 Å². The van der Waals surface area contributed by atoms with E-state index in [1.807, 2.05) is 0 Å². The quantitative estimate of drug-likeness (QED) is 0.570. The molecule has 2 saturated heterocycles. The highest BCUT2D eigenvalue weighted by atomic mass is 35.5. The first-order valence-electron chi connectivity index (χ1n) is 8.74. The topological polar surface area (TPSA) is 76.8 Å². The lowest BCUT2D eigenvalue weighted by Crippen LogP contribution is -2.42. The number of piperidine rings is 1. The monoisotopic (exact) mass is 367 g/mol. The number of carbonyl (C=O) groups is 1. The van der Waals surface area contributed by atoms with Crippen LogP contribution in [0.3, 0.4) is 0 Å².